The SMILES string of the molecule is CC1=C/C(=C/c2ccc(C)o2)C(=O)O1. The number of carbonyl (C=O) groups excluding carboxylic acids is 1. The number of hydrogen-bond donors (Lipinski definition) is 0. The lowest BCUT2D eigenvalue weighted by molar-refractivity contribution is -0.133. The Kier molecular flexibility index (Phi) is 2.00. The third-order valence-corrected chi connectivity index (χ3v) is 1.91. The van der Waals surface area contributed by atoms with Gasteiger partial charge >= 0.3 is 5.97 Å². The fourth-order valence-electron chi connectivity index (χ4n) is 1.30. The summed E-state index contributed by atoms with van der Waals surface area (Å²) in [6, 6.07) is 3.67. The Balaban J connectivity index is 2.31. The number of carbonyl (C=O) groups is 1. The monoisotopic (exact) mass is 190 g/mol. The van der Waals surface area contributed by atoms with E-state index in [2.05, 4.69) is 0 Å². The topological polar surface area (TPSA) is 39.4 Å². The van der Waals surface area contributed by atoms with E-state index in [1.54, 1.807) is 19.1 Å². The van der Waals surface area contributed by atoms with Crippen LogP contribution < -0.4 is 0 Å². The van der Waals surface area contributed by atoms with E-state index in [4.69, 9.17) is 9.15 Å². The van der Waals surface area contributed by atoms with Crippen molar-refractivity contribution in [3.05, 3.63) is 41.1 Å². The number of aryl methyl sites for hydroxylation is 1. The molecule has 0 saturated heterocycles. The molecule has 1 aromatic rings. The molecule has 1 aromatic heterocycles. The maximum absolute atomic E-state index is 11.2. The molecule has 0 bridgehead atoms. The Bertz CT molecular complexity index is 435. The van der Waals surface area contributed by atoms with E-state index in [1.165, 1.54) is 0 Å². The summed E-state index contributed by atoms with van der Waals surface area (Å²) < 4.78 is 10.2. The van der Waals surface area contributed by atoms with Gasteiger partial charge in [0.25, 0.3) is 0 Å². The number of hydrogen-bond acceptors (Lipinski definition) is 3. The maximum atomic E-state index is 11.2. The van der Waals surface area contributed by atoms with Gasteiger partial charge in [-0.3, -0.25) is 0 Å². The molecule has 1 aliphatic rings. The molecule has 2 rings (SSSR count). The molecule has 0 spiro atoms. The molecule has 0 radical (unpaired) electrons. The Labute approximate surface area is 81.7 Å². The third-order valence-electron chi connectivity index (χ3n) is 1.91. The molecule has 3 nitrogen and oxygen atoms in total. The quantitative estimate of drug-likeness (QED) is 0.504. The summed E-state index contributed by atoms with van der Waals surface area (Å²) in [6.07, 6.45) is 3.37. The van der Waals surface area contributed by atoms with Gasteiger partial charge in [0.15, 0.2) is 0 Å². The van der Waals surface area contributed by atoms with Crippen LogP contribution in [0.5, 0.6) is 0 Å². The van der Waals surface area contributed by atoms with Crippen molar-refractivity contribution in [2.45, 2.75) is 13.8 Å². The normalized spacial score (nSPS) is 18.6. The van der Waals surface area contributed by atoms with Gasteiger partial charge in [-0.2, -0.15) is 0 Å². The van der Waals surface area contributed by atoms with Crippen LogP contribution in [0, 0.1) is 6.92 Å². The van der Waals surface area contributed by atoms with Crippen molar-refractivity contribution < 1.29 is 13.9 Å². The lowest BCUT2D eigenvalue weighted by atomic mass is 10.2. The van der Waals surface area contributed by atoms with Crippen molar-refractivity contribution in [2.24, 2.45) is 0 Å². The van der Waals surface area contributed by atoms with Crippen molar-refractivity contribution in [1.29, 1.82) is 0 Å². The van der Waals surface area contributed by atoms with E-state index < -0.39 is 0 Å². The molecule has 72 valence electrons. The summed E-state index contributed by atoms with van der Waals surface area (Å²) in [5.74, 6) is 1.78. The zero-order valence-corrected chi connectivity index (χ0v) is 8.03. The van der Waals surface area contributed by atoms with Gasteiger partial charge in [-0.15, -0.1) is 0 Å². The van der Waals surface area contributed by atoms with E-state index in [0.717, 1.165) is 5.76 Å². The van der Waals surface area contributed by atoms with Crippen LogP contribution in [0.2, 0.25) is 0 Å². The highest BCUT2D eigenvalue weighted by atomic mass is 16.5. The van der Waals surface area contributed by atoms with Crippen molar-refractivity contribution in [3.8, 4) is 0 Å². The maximum Gasteiger partial charge on any atom is 0.343 e. The van der Waals surface area contributed by atoms with Gasteiger partial charge < -0.3 is 9.15 Å². The predicted molar refractivity (Wildman–Crippen MR) is 51.3 cm³/mol. The van der Waals surface area contributed by atoms with Crippen LogP contribution in [-0.4, -0.2) is 5.97 Å². The number of cyclic esters (lactones) is 1. The molecular weight excluding hydrogens is 180 g/mol. The van der Waals surface area contributed by atoms with Crippen molar-refractivity contribution in [3.63, 3.8) is 0 Å². The van der Waals surface area contributed by atoms with E-state index in [-0.39, 0.29) is 5.97 Å². The lowest BCUT2D eigenvalue weighted by Gasteiger charge is -1.91. The van der Waals surface area contributed by atoms with Gasteiger partial charge in [0.2, 0.25) is 0 Å². The number of allylic oxidation sites excluding steroid dienone is 1. The van der Waals surface area contributed by atoms with Gasteiger partial charge in [-0.25, -0.2) is 4.79 Å². The molecule has 14 heavy (non-hydrogen) atoms. The van der Waals surface area contributed by atoms with Crippen LogP contribution >= 0.6 is 0 Å². The van der Waals surface area contributed by atoms with Crippen molar-refractivity contribution in [1.82, 2.24) is 0 Å². The first kappa shape index (κ1) is 8.81. The molecule has 0 unspecified atom stereocenters. The van der Waals surface area contributed by atoms with E-state index in [9.17, 15) is 4.79 Å². The third kappa shape index (κ3) is 1.62. The standard InChI is InChI=1S/C11H10O3/c1-7-3-4-10(13-7)6-9-5-8(2)14-11(9)12/h3-6H,1-2H3/b9-6-. The van der Waals surface area contributed by atoms with Crippen LogP contribution in [0.3, 0.4) is 0 Å². The van der Waals surface area contributed by atoms with Gasteiger partial charge in [0.05, 0.1) is 5.57 Å². The second-order valence-corrected chi connectivity index (χ2v) is 3.19. The molecular formula is C11H10O3. The summed E-state index contributed by atoms with van der Waals surface area (Å²) in [7, 11) is 0. The average Bonchev–Trinajstić information content (AvgIpc) is 2.61. The van der Waals surface area contributed by atoms with Crippen molar-refractivity contribution >= 4 is 12.0 Å². The predicted octanol–water partition coefficient (Wildman–Crippen LogP) is 2.43. The first-order chi connectivity index (χ1) is 6.65. The second kappa shape index (κ2) is 3.18. The highest BCUT2D eigenvalue weighted by Gasteiger charge is 2.17. The van der Waals surface area contributed by atoms with E-state index in [0.29, 0.717) is 17.1 Å². The molecule has 0 amide bonds. The van der Waals surface area contributed by atoms with Gasteiger partial charge in [0, 0.05) is 0 Å². The molecule has 2 heterocycles. The number of ether oxygens (including phenoxy) is 1. The second-order valence-electron chi connectivity index (χ2n) is 3.19. The highest BCUT2D eigenvalue weighted by molar-refractivity contribution is 5.99. The summed E-state index contributed by atoms with van der Waals surface area (Å²) in [5, 5.41) is 0. The Morgan fingerprint density at radius 3 is 2.57 bits per heavy atom. The van der Waals surface area contributed by atoms with Crippen LogP contribution in [0.15, 0.2) is 34.0 Å². The smallest absolute Gasteiger partial charge is 0.343 e. The Morgan fingerprint density at radius 2 is 2.07 bits per heavy atom. The van der Waals surface area contributed by atoms with Crippen molar-refractivity contribution in [2.75, 3.05) is 0 Å². The Hall–Kier alpha value is -1.77. The molecule has 1 aliphatic heterocycles. The van der Waals surface area contributed by atoms with Gasteiger partial charge in [-0.1, -0.05) is 0 Å². The molecule has 0 saturated carbocycles. The van der Waals surface area contributed by atoms with Gasteiger partial charge in [0.1, 0.15) is 17.3 Å². The number of furan rings is 1. The molecule has 0 fully saturated rings. The minimum Gasteiger partial charge on any atom is -0.462 e. The fourth-order valence-corrected chi connectivity index (χ4v) is 1.30. The first-order valence-corrected chi connectivity index (χ1v) is 4.34. The molecule has 0 aromatic carbocycles. The largest absolute Gasteiger partial charge is 0.462 e. The van der Waals surface area contributed by atoms with E-state index in [1.807, 2.05) is 19.1 Å². The summed E-state index contributed by atoms with van der Waals surface area (Å²) in [6.45, 7) is 3.60. The van der Waals surface area contributed by atoms with Crippen LogP contribution in [0.4, 0.5) is 0 Å². The first-order valence-electron chi connectivity index (χ1n) is 4.34. The van der Waals surface area contributed by atoms with E-state index >= 15 is 0 Å². The molecule has 0 atom stereocenters. The summed E-state index contributed by atoms with van der Waals surface area (Å²) in [5.41, 5.74) is 0.525. The highest BCUT2D eigenvalue weighted by Crippen LogP contribution is 2.20. The molecule has 3 heteroatoms. The Morgan fingerprint density at radius 1 is 1.29 bits per heavy atom. The summed E-state index contributed by atoms with van der Waals surface area (Å²) >= 11 is 0. The number of esters is 1. The molecule has 0 aliphatic carbocycles. The average molecular weight is 190 g/mol. The number of rotatable bonds is 1. The zero-order valence-electron chi connectivity index (χ0n) is 8.03. The van der Waals surface area contributed by atoms with Crippen LogP contribution in [-0.2, 0) is 9.53 Å². The minimum atomic E-state index is -0.323. The minimum absolute atomic E-state index is 0.323. The summed E-state index contributed by atoms with van der Waals surface area (Å²) in [4.78, 5) is 11.2. The zero-order chi connectivity index (χ0) is 10.1. The lowest BCUT2D eigenvalue weighted by Crippen LogP contribution is -1.95. The van der Waals surface area contributed by atoms with Crippen LogP contribution in [0.1, 0.15) is 18.4 Å². The molecule has 0 N–H and O–H groups in total. The van der Waals surface area contributed by atoms with Gasteiger partial charge in [-0.05, 0) is 38.1 Å². The van der Waals surface area contributed by atoms with Crippen LogP contribution in [0.25, 0.3) is 6.08 Å². The fraction of sp³-hybridized carbons (Fsp3) is 0.182.